The zero-order valence-electron chi connectivity index (χ0n) is 18.7. The van der Waals surface area contributed by atoms with E-state index >= 15 is 0 Å². The van der Waals surface area contributed by atoms with E-state index in [9.17, 15) is 14.4 Å². The largest absolute Gasteiger partial charge is 0.466 e. The maximum absolute atomic E-state index is 12.4. The maximum atomic E-state index is 12.4. The summed E-state index contributed by atoms with van der Waals surface area (Å²) in [5.74, 6) is 0.885. The molecule has 1 N–H and O–H groups in total. The van der Waals surface area contributed by atoms with Gasteiger partial charge in [0.15, 0.2) is 0 Å². The minimum atomic E-state index is -0.362. The molecule has 0 aromatic rings. The van der Waals surface area contributed by atoms with Gasteiger partial charge in [-0.1, -0.05) is 39.0 Å². The van der Waals surface area contributed by atoms with E-state index in [1.807, 2.05) is 6.92 Å². The van der Waals surface area contributed by atoms with E-state index in [0.29, 0.717) is 44.8 Å². The summed E-state index contributed by atoms with van der Waals surface area (Å²) < 4.78 is 10.1. The fourth-order valence-corrected chi connectivity index (χ4v) is 3.91. The molecule has 29 heavy (non-hydrogen) atoms. The third kappa shape index (κ3) is 11.4. The molecule has 0 spiro atoms. The van der Waals surface area contributed by atoms with Crippen LogP contribution in [-0.2, 0) is 23.9 Å². The van der Waals surface area contributed by atoms with Gasteiger partial charge in [-0.2, -0.15) is 0 Å². The van der Waals surface area contributed by atoms with Crippen LogP contribution in [0.3, 0.4) is 0 Å². The van der Waals surface area contributed by atoms with Crippen molar-refractivity contribution >= 4 is 17.7 Å². The minimum Gasteiger partial charge on any atom is -0.466 e. The standard InChI is InChI=1S/C23H41NO5/c1-4-28-22(26)11-9-7-6-8-10-20(23(27)29-5-2)24-17-16-21(25)19-14-12-18(3)13-15-19/h18-20,24H,4-17H2,1-3H3/t18-,19+,20?. The maximum Gasteiger partial charge on any atom is 0.323 e. The molecule has 0 heterocycles. The molecule has 0 aromatic carbocycles. The monoisotopic (exact) mass is 411 g/mol. The van der Waals surface area contributed by atoms with Gasteiger partial charge in [0, 0.05) is 25.3 Å². The molecule has 0 bridgehead atoms. The highest BCUT2D eigenvalue weighted by atomic mass is 16.5. The van der Waals surface area contributed by atoms with Crippen molar-refractivity contribution in [3.63, 3.8) is 0 Å². The smallest absolute Gasteiger partial charge is 0.323 e. The first-order chi connectivity index (χ1) is 14.0. The lowest BCUT2D eigenvalue weighted by molar-refractivity contribution is -0.146. The van der Waals surface area contributed by atoms with E-state index < -0.39 is 0 Å². The van der Waals surface area contributed by atoms with Gasteiger partial charge in [0.05, 0.1) is 13.2 Å². The van der Waals surface area contributed by atoms with Gasteiger partial charge in [0.2, 0.25) is 0 Å². The van der Waals surface area contributed by atoms with Crippen molar-refractivity contribution in [3.8, 4) is 0 Å². The van der Waals surface area contributed by atoms with Gasteiger partial charge in [0.1, 0.15) is 11.8 Å². The number of rotatable bonds is 15. The molecule has 1 fully saturated rings. The normalized spacial score (nSPS) is 20.1. The zero-order valence-corrected chi connectivity index (χ0v) is 18.7. The average molecular weight is 412 g/mol. The predicted octanol–water partition coefficient (Wildman–Crippen LogP) is 4.20. The molecule has 0 radical (unpaired) electrons. The Balaban J connectivity index is 2.26. The second kappa shape index (κ2) is 15.4. The highest BCUT2D eigenvalue weighted by Crippen LogP contribution is 2.29. The molecule has 1 aliphatic rings. The molecule has 1 saturated carbocycles. The first-order valence-corrected chi connectivity index (χ1v) is 11.6. The van der Waals surface area contributed by atoms with Gasteiger partial charge in [-0.15, -0.1) is 0 Å². The Kier molecular flexibility index (Phi) is 13.6. The molecule has 1 unspecified atom stereocenters. The van der Waals surface area contributed by atoms with Gasteiger partial charge in [-0.25, -0.2) is 0 Å². The minimum absolute atomic E-state index is 0.143. The Morgan fingerprint density at radius 2 is 1.55 bits per heavy atom. The SMILES string of the molecule is CCOC(=O)CCCCCCC(NCCC(=O)[C@H]1CC[C@@H](C)CC1)C(=O)OCC. The van der Waals surface area contributed by atoms with Crippen LogP contribution >= 0.6 is 0 Å². The first kappa shape index (κ1) is 25.6. The Morgan fingerprint density at radius 3 is 2.21 bits per heavy atom. The average Bonchev–Trinajstić information content (AvgIpc) is 2.69. The Morgan fingerprint density at radius 1 is 0.897 bits per heavy atom. The van der Waals surface area contributed by atoms with Gasteiger partial charge >= 0.3 is 11.9 Å². The number of esters is 2. The number of carbonyl (C=O) groups excluding carboxylic acids is 3. The topological polar surface area (TPSA) is 81.7 Å². The van der Waals surface area contributed by atoms with Crippen molar-refractivity contribution < 1.29 is 23.9 Å². The van der Waals surface area contributed by atoms with Crippen molar-refractivity contribution in [2.45, 2.75) is 97.4 Å². The van der Waals surface area contributed by atoms with Crippen molar-refractivity contribution in [2.75, 3.05) is 19.8 Å². The van der Waals surface area contributed by atoms with E-state index in [-0.39, 0.29) is 23.9 Å². The summed E-state index contributed by atoms with van der Waals surface area (Å²) in [5.41, 5.74) is 0. The van der Waals surface area contributed by atoms with Crippen LogP contribution in [0.1, 0.15) is 91.4 Å². The lowest BCUT2D eigenvalue weighted by atomic mass is 9.80. The van der Waals surface area contributed by atoms with Crippen LogP contribution < -0.4 is 5.32 Å². The van der Waals surface area contributed by atoms with Crippen LogP contribution in [0.25, 0.3) is 0 Å². The van der Waals surface area contributed by atoms with E-state index in [2.05, 4.69) is 12.2 Å². The third-order valence-electron chi connectivity index (χ3n) is 5.73. The van der Waals surface area contributed by atoms with Crippen LogP contribution in [0.5, 0.6) is 0 Å². The van der Waals surface area contributed by atoms with Crippen molar-refractivity contribution in [2.24, 2.45) is 11.8 Å². The summed E-state index contributed by atoms with van der Waals surface area (Å²) in [4.78, 5) is 36.0. The Bertz CT molecular complexity index is 486. The van der Waals surface area contributed by atoms with Gasteiger partial charge in [-0.3, -0.25) is 14.4 Å². The number of carbonyl (C=O) groups is 3. The van der Waals surface area contributed by atoms with Crippen LogP contribution in [0.4, 0.5) is 0 Å². The molecule has 1 atom stereocenters. The summed E-state index contributed by atoms with van der Waals surface area (Å²) in [6, 6.07) is -0.362. The lowest BCUT2D eigenvalue weighted by Gasteiger charge is -2.25. The van der Waals surface area contributed by atoms with E-state index in [0.717, 1.165) is 57.3 Å². The fourth-order valence-electron chi connectivity index (χ4n) is 3.91. The molecule has 1 rings (SSSR count). The fraction of sp³-hybridized carbons (Fsp3) is 0.870. The first-order valence-electron chi connectivity index (χ1n) is 11.6. The highest BCUT2D eigenvalue weighted by Gasteiger charge is 2.24. The van der Waals surface area contributed by atoms with Crippen molar-refractivity contribution in [1.82, 2.24) is 5.32 Å². The van der Waals surface area contributed by atoms with E-state index in [1.165, 1.54) is 0 Å². The number of hydrogen-bond donors (Lipinski definition) is 1. The van der Waals surface area contributed by atoms with Crippen LogP contribution in [-0.4, -0.2) is 43.5 Å². The van der Waals surface area contributed by atoms with Gasteiger partial charge < -0.3 is 14.8 Å². The third-order valence-corrected chi connectivity index (χ3v) is 5.73. The summed E-state index contributed by atoms with van der Waals surface area (Å²) in [6.45, 7) is 7.17. The molecule has 0 aromatic heterocycles. The molecule has 168 valence electrons. The Hall–Kier alpha value is -1.43. The number of nitrogens with one attached hydrogen (secondary N) is 1. The van der Waals surface area contributed by atoms with Crippen molar-refractivity contribution in [3.05, 3.63) is 0 Å². The van der Waals surface area contributed by atoms with Gasteiger partial charge in [0.25, 0.3) is 0 Å². The molecule has 6 nitrogen and oxygen atoms in total. The zero-order chi connectivity index (χ0) is 21.5. The number of ether oxygens (including phenoxy) is 2. The number of hydrogen-bond acceptors (Lipinski definition) is 6. The molecule has 0 aliphatic heterocycles. The summed E-state index contributed by atoms with van der Waals surface area (Å²) >= 11 is 0. The van der Waals surface area contributed by atoms with E-state index in [1.54, 1.807) is 6.92 Å². The van der Waals surface area contributed by atoms with Crippen LogP contribution in [0.15, 0.2) is 0 Å². The van der Waals surface area contributed by atoms with Crippen molar-refractivity contribution in [1.29, 1.82) is 0 Å². The summed E-state index contributed by atoms with van der Waals surface area (Å²) in [5, 5.41) is 3.24. The summed E-state index contributed by atoms with van der Waals surface area (Å²) in [7, 11) is 0. The lowest BCUT2D eigenvalue weighted by Crippen LogP contribution is -2.39. The van der Waals surface area contributed by atoms with Crippen LogP contribution in [0.2, 0.25) is 0 Å². The molecule has 6 heteroatoms. The predicted molar refractivity (Wildman–Crippen MR) is 114 cm³/mol. The summed E-state index contributed by atoms with van der Waals surface area (Å²) in [6.07, 6.45) is 9.51. The quantitative estimate of drug-likeness (QED) is 0.321. The number of Topliss-reactive ketones (excluding diaryl/α,β-unsaturated/α-hetero) is 1. The van der Waals surface area contributed by atoms with Crippen LogP contribution in [0, 0.1) is 11.8 Å². The number of unbranched alkanes of at least 4 members (excludes halogenated alkanes) is 3. The van der Waals surface area contributed by atoms with E-state index in [4.69, 9.17) is 9.47 Å². The second-order valence-electron chi connectivity index (χ2n) is 8.19. The molecular formula is C23H41NO5. The Labute approximate surface area is 176 Å². The highest BCUT2D eigenvalue weighted by molar-refractivity contribution is 5.81. The number of ketones is 1. The molecule has 0 saturated heterocycles. The molecular weight excluding hydrogens is 370 g/mol. The molecule has 1 aliphatic carbocycles. The molecule has 0 amide bonds. The van der Waals surface area contributed by atoms with Gasteiger partial charge in [-0.05, 0) is 45.4 Å². The second-order valence-corrected chi connectivity index (χ2v) is 8.19.